The molecule has 4 rings (SSSR count). The van der Waals surface area contributed by atoms with Crippen LogP contribution in [0.5, 0.6) is 0 Å². The van der Waals surface area contributed by atoms with E-state index in [1.54, 1.807) is 16.8 Å². The molecule has 3 atom stereocenters. The van der Waals surface area contributed by atoms with Crippen molar-refractivity contribution in [3.63, 3.8) is 0 Å². The molecule has 1 aromatic carbocycles. The molecule has 2 fully saturated rings. The molecule has 1 saturated carbocycles. The van der Waals surface area contributed by atoms with E-state index < -0.39 is 12.1 Å². The Balaban J connectivity index is 1.59. The third-order valence-electron chi connectivity index (χ3n) is 5.16. The Labute approximate surface area is 170 Å². The van der Waals surface area contributed by atoms with Crippen molar-refractivity contribution in [3.05, 3.63) is 22.7 Å². The van der Waals surface area contributed by atoms with Gasteiger partial charge >= 0.3 is 6.09 Å². The second kappa shape index (κ2) is 6.54. The van der Waals surface area contributed by atoms with Crippen molar-refractivity contribution in [2.75, 3.05) is 5.32 Å². The van der Waals surface area contributed by atoms with E-state index in [-0.39, 0.29) is 17.5 Å². The van der Waals surface area contributed by atoms with Crippen LogP contribution in [0.25, 0.3) is 11.4 Å². The van der Waals surface area contributed by atoms with Crippen LogP contribution >= 0.6 is 15.9 Å². The van der Waals surface area contributed by atoms with Gasteiger partial charge < -0.3 is 10.4 Å². The zero-order valence-electron chi connectivity index (χ0n) is 15.8. The minimum Gasteiger partial charge on any atom is -0.465 e. The van der Waals surface area contributed by atoms with Gasteiger partial charge in [-0.1, -0.05) is 15.9 Å². The highest BCUT2D eigenvalue weighted by atomic mass is 79.9. The lowest BCUT2D eigenvalue weighted by Crippen LogP contribution is -2.44. The molecule has 0 unspecified atom stereocenters. The minimum absolute atomic E-state index is 0.0114. The van der Waals surface area contributed by atoms with Crippen LogP contribution in [0.1, 0.15) is 33.6 Å². The maximum atomic E-state index is 12.8. The van der Waals surface area contributed by atoms with Crippen molar-refractivity contribution < 1.29 is 14.7 Å². The summed E-state index contributed by atoms with van der Waals surface area (Å²) < 4.78 is 2.48. The number of anilines is 1. The van der Waals surface area contributed by atoms with E-state index in [2.05, 4.69) is 36.8 Å². The third kappa shape index (κ3) is 3.36. The first-order valence-electron chi connectivity index (χ1n) is 9.07. The van der Waals surface area contributed by atoms with E-state index in [1.807, 2.05) is 26.8 Å². The number of hydrogen-bond acceptors (Lipinski definition) is 5. The van der Waals surface area contributed by atoms with Gasteiger partial charge in [0.05, 0.1) is 5.54 Å². The summed E-state index contributed by atoms with van der Waals surface area (Å²) in [6.07, 6.45) is 0.392. The standard InChI is InChI=1S/C18H21BrN6O3/c1-18(2,3)25-15(21-22-23-25)10-4-11(19)8-12(5-10)20-16(26)14-7-9-6-13(9)24(14)17(27)28/h4-5,8-9,13-14H,6-7H2,1-3H3,(H,20,26)(H,27,28)/t9-,13-,14+/m1/s1. The van der Waals surface area contributed by atoms with Gasteiger partial charge in [0.2, 0.25) is 5.91 Å². The Morgan fingerprint density at radius 1 is 1.25 bits per heavy atom. The normalized spacial score (nSPS) is 23.4. The summed E-state index contributed by atoms with van der Waals surface area (Å²) in [6.45, 7) is 6.00. The van der Waals surface area contributed by atoms with Gasteiger partial charge in [0.25, 0.3) is 0 Å². The van der Waals surface area contributed by atoms with Gasteiger partial charge in [0.1, 0.15) is 6.04 Å². The highest BCUT2D eigenvalue weighted by molar-refractivity contribution is 9.10. The van der Waals surface area contributed by atoms with E-state index in [0.29, 0.717) is 23.9 Å². The molecule has 9 nitrogen and oxygen atoms in total. The minimum atomic E-state index is -1.04. The highest BCUT2D eigenvalue weighted by Gasteiger charge is 2.56. The van der Waals surface area contributed by atoms with E-state index >= 15 is 0 Å². The Hall–Kier alpha value is -2.49. The zero-order valence-corrected chi connectivity index (χ0v) is 17.3. The second-order valence-corrected chi connectivity index (χ2v) is 9.22. The number of rotatable bonds is 3. The molecule has 28 heavy (non-hydrogen) atoms. The van der Waals surface area contributed by atoms with Gasteiger partial charge in [-0.25, -0.2) is 9.48 Å². The van der Waals surface area contributed by atoms with Crippen LogP contribution in [0, 0.1) is 5.92 Å². The van der Waals surface area contributed by atoms with Crippen molar-refractivity contribution in [1.29, 1.82) is 0 Å². The summed E-state index contributed by atoms with van der Waals surface area (Å²) >= 11 is 3.47. The van der Waals surface area contributed by atoms with Gasteiger partial charge in [-0.2, -0.15) is 0 Å². The number of halogens is 1. The van der Waals surface area contributed by atoms with Gasteiger partial charge in [0.15, 0.2) is 5.82 Å². The third-order valence-corrected chi connectivity index (χ3v) is 5.61. The van der Waals surface area contributed by atoms with E-state index in [0.717, 1.165) is 16.5 Å². The monoisotopic (exact) mass is 448 g/mol. The smallest absolute Gasteiger partial charge is 0.408 e. The number of tetrazole rings is 1. The fraction of sp³-hybridized carbons (Fsp3) is 0.500. The lowest BCUT2D eigenvalue weighted by Gasteiger charge is -2.24. The van der Waals surface area contributed by atoms with Crippen molar-refractivity contribution in [1.82, 2.24) is 25.1 Å². The molecule has 0 spiro atoms. The van der Waals surface area contributed by atoms with Gasteiger partial charge in [-0.15, -0.1) is 5.10 Å². The first-order valence-corrected chi connectivity index (χ1v) is 9.86. The fourth-order valence-electron chi connectivity index (χ4n) is 3.80. The Morgan fingerprint density at radius 3 is 2.68 bits per heavy atom. The molecule has 148 valence electrons. The molecule has 2 N–H and O–H groups in total. The summed E-state index contributed by atoms with van der Waals surface area (Å²) in [6, 6.07) is 4.77. The Kier molecular flexibility index (Phi) is 4.40. The number of carbonyl (C=O) groups is 2. The molecule has 1 aromatic heterocycles. The predicted octanol–water partition coefficient (Wildman–Crippen LogP) is 2.94. The van der Waals surface area contributed by atoms with Crippen LogP contribution in [0.3, 0.4) is 0 Å². The molecule has 10 heteroatoms. The lowest BCUT2D eigenvalue weighted by atomic mass is 10.1. The number of benzene rings is 1. The average Bonchev–Trinajstić information content (AvgIpc) is 3.04. The molecular weight excluding hydrogens is 428 g/mol. The SMILES string of the molecule is CC(C)(C)n1nnnc1-c1cc(Br)cc(NC(=O)[C@@H]2C[C@H]3C[C@H]3N2C(=O)O)c1. The van der Waals surface area contributed by atoms with E-state index in [9.17, 15) is 14.7 Å². The van der Waals surface area contributed by atoms with Gasteiger partial charge in [0, 0.05) is 21.8 Å². The maximum absolute atomic E-state index is 12.8. The number of piperidine rings is 1. The number of fused-ring (bicyclic) bond motifs is 1. The van der Waals surface area contributed by atoms with Crippen molar-refractivity contribution >= 4 is 33.6 Å². The number of aromatic nitrogens is 4. The molecule has 1 saturated heterocycles. The van der Waals surface area contributed by atoms with Gasteiger partial charge in [-0.3, -0.25) is 9.69 Å². The molecule has 1 aliphatic carbocycles. The van der Waals surface area contributed by atoms with Crippen LogP contribution in [-0.4, -0.2) is 54.3 Å². The van der Waals surface area contributed by atoms with Crippen molar-refractivity contribution in [2.45, 2.75) is 51.2 Å². The number of likely N-dealkylation sites (tertiary alicyclic amines) is 1. The maximum Gasteiger partial charge on any atom is 0.408 e. The van der Waals surface area contributed by atoms with E-state index in [4.69, 9.17) is 0 Å². The first kappa shape index (κ1) is 18.9. The largest absolute Gasteiger partial charge is 0.465 e. The molecule has 2 heterocycles. The number of nitrogens with one attached hydrogen (secondary N) is 1. The molecule has 2 amide bonds. The van der Waals surface area contributed by atoms with Gasteiger partial charge in [-0.05, 0) is 68.2 Å². The summed E-state index contributed by atoms with van der Waals surface area (Å²) in [5, 5.41) is 24.3. The molecule has 2 aromatic rings. The van der Waals surface area contributed by atoms with Crippen molar-refractivity contribution in [3.8, 4) is 11.4 Å². The molecule has 2 aliphatic rings. The lowest BCUT2D eigenvalue weighted by molar-refractivity contribution is -0.120. The predicted molar refractivity (Wildman–Crippen MR) is 105 cm³/mol. The number of carboxylic acid groups (broad SMARTS) is 1. The Bertz CT molecular complexity index is 953. The summed E-state index contributed by atoms with van der Waals surface area (Å²) in [7, 11) is 0. The quantitative estimate of drug-likeness (QED) is 0.745. The first-order chi connectivity index (χ1) is 13.1. The summed E-state index contributed by atoms with van der Waals surface area (Å²) in [4.78, 5) is 25.6. The number of hydrogen-bond donors (Lipinski definition) is 2. The van der Waals surface area contributed by atoms with E-state index in [1.165, 1.54) is 4.90 Å². The summed E-state index contributed by atoms with van der Waals surface area (Å²) in [5.41, 5.74) is 0.995. The average molecular weight is 449 g/mol. The molecule has 0 bridgehead atoms. The molecule has 0 radical (unpaired) electrons. The highest BCUT2D eigenvalue weighted by Crippen LogP contribution is 2.48. The van der Waals surface area contributed by atoms with Crippen LogP contribution in [0.4, 0.5) is 10.5 Å². The van der Waals surface area contributed by atoms with Crippen LogP contribution < -0.4 is 5.32 Å². The molecular formula is C18H21BrN6O3. The number of carbonyl (C=O) groups excluding carboxylic acids is 1. The van der Waals surface area contributed by atoms with Crippen LogP contribution in [0.15, 0.2) is 22.7 Å². The Morgan fingerprint density at radius 2 is 2.00 bits per heavy atom. The second-order valence-electron chi connectivity index (χ2n) is 8.31. The summed E-state index contributed by atoms with van der Waals surface area (Å²) in [5.74, 6) is 0.578. The topological polar surface area (TPSA) is 113 Å². The number of nitrogens with zero attached hydrogens (tertiary/aromatic N) is 5. The van der Waals surface area contributed by atoms with Crippen molar-refractivity contribution in [2.24, 2.45) is 5.92 Å². The van der Waals surface area contributed by atoms with Crippen LogP contribution in [0.2, 0.25) is 0 Å². The molecule has 1 aliphatic heterocycles. The zero-order chi connectivity index (χ0) is 20.2. The fourth-order valence-corrected chi connectivity index (χ4v) is 4.29. The van der Waals surface area contributed by atoms with Crippen LogP contribution in [-0.2, 0) is 10.3 Å². The number of amides is 2.